The maximum atomic E-state index is 12.6. The minimum atomic E-state index is -0.483. The molecule has 0 spiro atoms. The molecule has 4 aromatic rings. The second kappa shape index (κ2) is 12.8. The minimum absolute atomic E-state index is 0.200. The standard InChI is InChI=1S/C37H36N2O3/c1-25(2)21-27-11-8-13-30(23-27)32-18-16-29(24-31(32)17-19-35(38)40)28-12-7-10-26(22-28)9-5-6-20-39-36(41)33-14-3-4-15-34(33)37(39)42/h3-4,7-8,10-19,22-25H,5-6,9,20-21H2,1-2H3,(H2,38,40)/b19-17+. The Kier molecular flexibility index (Phi) is 8.77. The Morgan fingerprint density at radius 1 is 0.738 bits per heavy atom. The molecule has 0 aromatic heterocycles. The van der Waals surface area contributed by atoms with Crippen molar-refractivity contribution in [2.75, 3.05) is 6.54 Å². The topological polar surface area (TPSA) is 80.5 Å². The number of imide groups is 1. The largest absolute Gasteiger partial charge is 0.366 e. The van der Waals surface area contributed by atoms with Crippen molar-refractivity contribution in [1.29, 1.82) is 0 Å². The average molecular weight is 557 g/mol. The van der Waals surface area contributed by atoms with Gasteiger partial charge in [-0.25, -0.2) is 0 Å². The van der Waals surface area contributed by atoms with Gasteiger partial charge < -0.3 is 5.73 Å². The van der Waals surface area contributed by atoms with Crippen LogP contribution in [0.25, 0.3) is 28.3 Å². The van der Waals surface area contributed by atoms with Gasteiger partial charge in [0.2, 0.25) is 5.91 Å². The Hall–Kier alpha value is -4.77. The molecular weight excluding hydrogens is 520 g/mol. The van der Waals surface area contributed by atoms with Gasteiger partial charge in [-0.3, -0.25) is 19.3 Å². The lowest BCUT2D eigenvalue weighted by Gasteiger charge is -2.14. The van der Waals surface area contributed by atoms with Gasteiger partial charge in [-0.15, -0.1) is 0 Å². The predicted octanol–water partition coefficient (Wildman–Crippen LogP) is 7.34. The van der Waals surface area contributed by atoms with Gasteiger partial charge in [0.25, 0.3) is 11.8 Å². The van der Waals surface area contributed by atoms with Crippen LogP contribution in [0.5, 0.6) is 0 Å². The van der Waals surface area contributed by atoms with Crippen LogP contribution >= 0.6 is 0 Å². The number of nitrogens with two attached hydrogens (primary N) is 1. The van der Waals surface area contributed by atoms with Crippen LogP contribution in [-0.4, -0.2) is 29.2 Å². The first-order valence-electron chi connectivity index (χ1n) is 14.6. The highest BCUT2D eigenvalue weighted by Gasteiger charge is 2.34. The van der Waals surface area contributed by atoms with E-state index < -0.39 is 5.91 Å². The summed E-state index contributed by atoms with van der Waals surface area (Å²) in [5.41, 5.74) is 14.1. The molecule has 5 rings (SSSR count). The number of primary amides is 1. The summed E-state index contributed by atoms with van der Waals surface area (Å²) >= 11 is 0. The maximum absolute atomic E-state index is 12.6. The Morgan fingerprint density at radius 3 is 2.07 bits per heavy atom. The predicted molar refractivity (Wildman–Crippen MR) is 169 cm³/mol. The van der Waals surface area contributed by atoms with Crippen molar-refractivity contribution in [1.82, 2.24) is 4.90 Å². The quantitative estimate of drug-likeness (QED) is 0.119. The number of nitrogens with zero attached hydrogens (tertiary/aromatic N) is 1. The monoisotopic (exact) mass is 556 g/mol. The number of carbonyl (C=O) groups excluding carboxylic acids is 3. The third kappa shape index (κ3) is 6.58. The van der Waals surface area contributed by atoms with Crippen LogP contribution in [0, 0.1) is 5.92 Å². The Morgan fingerprint density at radius 2 is 1.38 bits per heavy atom. The molecule has 212 valence electrons. The summed E-state index contributed by atoms with van der Waals surface area (Å²) in [6.45, 7) is 4.85. The van der Waals surface area contributed by atoms with Crippen LogP contribution in [0.15, 0.2) is 97.1 Å². The molecule has 0 aliphatic carbocycles. The third-order valence-electron chi connectivity index (χ3n) is 7.60. The number of unbranched alkanes of at least 4 members (excludes halogenated alkanes) is 1. The fourth-order valence-electron chi connectivity index (χ4n) is 5.60. The Balaban J connectivity index is 1.30. The van der Waals surface area contributed by atoms with E-state index in [1.807, 2.05) is 0 Å². The molecule has 0 atom stereocenters. The average Bonchev–Trinajstić information content (AvgIpc) is 3.23. The van der Waals surface area contributed by atoms with E-state index in [2.05, 4.69) is 80.6 Å². The molecule has 4 aromatic carbocycles. The minimum Gasteiger partial charge on any atom is -0.366 e. The highest BCUT2D eigenvalue weighted by atomic mass is 16.2. The second-order valence-corrected chi connectivity index (χ2v) is 11.3. The highest BCUT2D eigenvalue weighted by Crippen LogP contribution is 2.32. The van der Waals surface area contributed by atoms with Crippen LogP contribution in [0.2, 0.25) is 0 Å². The molecule has 1 aliphatic rings. The van der Waals surface area contributed by atoms with Gasteiger partial charge in [0, 0.05) is 12.6 Å². The summed E-state index contributed by atoms with van der Waals surface area (Å²) < 4.78 is 0. The zero-order valence-electron chi connectivity index (χ0n) is 24.2. The summed E-state index contributed by atoms with van der Waals surface area (Å²) in [6, 6.07) is 30.3. The number of hydrogen-bond donors (Lipinski definition) is 1. The van der Waals surface area contributed by atoms with Crippen LogP contribution < -0.4 is 5.73 Å². The van der Waals surface area contributed by atoms with E-state index in [4.69, 9.17) is 5.73 Å². The molecule has 3 amide bonds. The van der Waals surface area contributed by atoms with Gasteiger partial charge in [-0.2, -0.15) is 0 Å². The number of fused-ring (bicyclic) bond motifs is 1. The zero-order chi connectivity index (χ0) is 29.6. The number of amides is 3. The number of benzene rings is 4. The Bertz CT molecular complexity index is 1630. The summed E-state index contributed by atoms with van der Waals surface area (Å²) in [6.07, 6.45) is 6.64. The SMILES string of the molecule is CC(C)Cc1cccc(-c2ccc(-c3cccc(CCCCN4C(=O)c5ccccc5C4=O)c3)cc2/C=C/C(N)=O)c1. The first kappa shape index (κ1) is 28.7. The molecule has 0 radical (unpaired) electrons. The molecule has 5 heteroatoms. The van der Waals surface area contributed by atoms with E-state index in [1.54, 1.807) is 30.3 Å². The van der Waals surface area contributed by atoms with Gasteiger partial charge in [0.05, 0.1) is 11.1 Å². The van der Waals surface area contributed by atoms with E-state index >= 15 is 0 Å². The first-order chi connectivity index (χ1) is 20.3. The maximum Gasteiger partial charge on any atom is 0.261 e. The molecular formula is C37H36N2O3. The summed E-state index contributed by atoms with van der Waals surface area (Å²) in [5.74, 6) is -0.322. The van der Waals surface area contributed by atoms with Crippen LogP contribution in [-0.2, 0) is 17.6 Å². The summed E-state index contributed by atoms with van der Waals surface area (Å²) in [5, 5.41) is 0. The van der Waals surface area contributed by atoms with Crippen molar-refractivity contribution < 1.29 is 14.4 Å². The smallest absolute Gasteiger partial charge is 0.261 e. The van der Waals surface area contributed by atoms with E-state index in [-0.39, 0.29) is 11.8 Å². The zero-order valence-corrected chi connectivity index (χ0v) is 24.2. The van der Waals surface area contributed by atoms with Crippen molar-refractivity contribution in [3.05, 3.63) is 125 Å². The van der Waals surface area contributed by atoms with Crippen molar-refractivity contribution in [2.45, 2.75) is 39.5 Å². The molecule has 0 saturated heterocycles. The molecule has 0 unspecified atom stereocenters. The van der Waals surface area contributed by atoms with E-state index in [0.717, 1.165) is 53.5 Å². The molecule has 0 fully saturated rings. The highest BCUT2D eigenvalue weighted by molar-refractivity contribution is 6.21. The molecule has 1 heterocycles. The lowest BCUT2D eigenvalue weighted by Crippen LogP contribution is -2.30. The normalized spacial score (nSPS) is 12.9. The lowest BCUT2D eigenvalue weighted by molar-refractivity contribution is -0.113. The molecule has 0 saturated carbocycles. The number of hydrogen-bond acceptors (Lipinski definition) is 3. The molecule has 5 nitrogen and oxygen atoms in total. The van der Waals surface area contributed by atoms with Crippen molar-refractivity contribution in [3.8, 4) is 22.3 Å². The fraction of sp³-hybridized carbons (Fsp3) is 0.216. The third-order valence-corrected chi connectivity index (χ3v) is 7.60. The second-order valence-electron chi connectivity index (χ2n) is 11.3. The number of aryl methyl sites for hydroxylation is 1. The first-order valence-corrected chi connectivity index (χ1v) is 14.6. The Labute approximate surface area is 247 Å². The number of rotatable bonds is 11. The van der Waals surface area contributed by atoms with Crippen molar-refractivity contribution in [3.63, 3.8) is 0 Å². The molecule has 0 bridgehead atoms. The van der Waals surface area contributed by atoms with Gasteiger partial charge in [0.15, 0.2) is 0 Å². The molecule has 2 N–H and O–H groups in total. The van der Waals surface area contributed by atoms with Crippen LogP contribution in [0.4, 0.5) is 0 Å². The van der Waals surface area contributed by atoms with Crippen LogP contribution in [0.1, 0.15) is 64.1 Å². The van der Waals surface area contributed by atoms with Gasteiger partial charge >= 0.3 is 0 Å². The van der Waals surface area contributed by atoms with E-state index in [9.17, 15) is 14.4 Å². The van der Waals surface area contributed by atoms with Gasteiger partial charge in [0.1, 0.15) is 0 Å². The molecule has 42 heavy (non-hydrogen) atoms. The van der Waals surface area contributed by atoms with Crippen molar-refractivity contribution >= 4 is 23.8 Å². The molecule has 1 aliphatic heterocycles. The van der Waals surface area contributed by atoms with Gasteiger partial charge in [-0.05, 0) is 94.8 Å². The summed E-state index contributed by atoms with van der Waals surface area (Å²) in [7, 11) is 0. The van der Waals surface area contributed by atoms with Crippen LogP contribution in [0.3, 0.4) is 0 Å². The lowest BCUT2D eigenvalue weighted by atomic mass is 9.92. The number of carbonyl (C=O) groups is 3. The van der Waals surface area contributed by atoms with Gasteiger partial charge in [-0.1, -0.05) is 86.6 Å². The van der Waals surface area contributed by atoms with E-state index in [1.165, 1.54) is 22.1 Å². The fourth-order valence-corrected chi connectivity index (χ4v) is 5.60. The van der Waals surface area contributed by atoms with E-state index in [0.29, 0.717) is 23.6 Å². The van der Waals surface area contributed by atoms with Crippen molar-refractivity contribution in [2.24, 2.45) is 11.7 Å². The summed E-state index contributed by atoms with van der Waals surface area (Å²) in [4.78, 5) is 38.2.